The molecule has 1 aliphatic heterocycles. The van der Waals surface area contributed by atoms with Gasteiger partial charge in [0.15, 0.2) is 0 Å². The van der Waals surface area contributed by atoms with Gasteiger partial charge in [0.2, 0.25) is 11.8 Å². The lowest BCUT2D eigenvalue weighted by atomic mass is 10.1. The second-order valence-electron chi connectivity index (χ2n) is 5.73. The summed E-state index contributed by atoms with van der Waals surface area (Å²) >= 11 is 0. The van der Waals surface area contributed by atoms with Gasteiger partial charge in [0, 0.05) is 25.6 Å². The molecule has 8 heteroatoms. The Kier molecular flexibility index (Phi) is 5.73. The third-order valence-corrected chi connectivity index (χ3v) is 4.02. The van der Waals surface area contributed by atoms with Crippen LogP contribution in [0.4, 0.5) is 11.4 Å². The fourth-order valence-corrected chi connectivity index (χ4v) is 2.64. The highest BCUT2D eigenvalue weighted by Gasteiger charge is 2.34. The molecule has 8 nitrogen and oxygen atoms in total. The van der Waals surface area contributed by atoms with Crippen molar-refractivity contribution in [3.63, 3.8) is 0 Å². The monoisotopic (exact) mass is 335 g/mol. The van der Waals surface area contributed by atoms with Gasteiger partial charge in [-0.25, -0.2) is 0 Å². The van der Waals surface area contributed by atoms with E-state index in [-0.39, 0.29) is 29.7 Å². The number of ether oxygens (including phenoxy) is 1. The van der Waals surface area contributed by atoms with Crippen molar-refractivity contribution in [3.05, 3.63) is 28.3 Å². The van der Waals surface area contributed by atoms with E-state index in [1.165, 1.54) is 25.3 Å². The molecule has 130 valence electrons. The lowest BCUT2D eigenvalue weighted by Gasteiger charge is -2.16. The molecule has 1 N–H and O–H groups in total. The Balaban J connectivity index is 2.05. The fraction of sp³-hybridized carbons (Fsp3) is 0.500. The zero-order valence-corrected chi connectivity index (χ0v) is 13.8. The van der Waals surface area contributed by atoms with Crippen LogP contribution in [-0.2, 0) is 9.59 Å². The van der Waals surface area contributed by atoms with Crippen LogP contribution in [0.25, 0.3) is 0 Å². The molecule has 1 aromatic carbocycles. The number of rotatable bonds is 7. The van der Waals surface area contributed by atoms with E-state index in [9.17, 15) is 19.7 Å². The fourth-order valence-electron chi connectivity index (χ4n) is 2.64. The van der Waals surface area contributed by atoms with E-state index in [4.69, 9.17) is 4.74 Å². The molecule has 2 amide bonds. The molecule has 1 saturated heterocycles. The molecule has 0 aliphatic carbocycles. The average Bonchev–Trinajstić information content (AvgIpc) is 2.94. The van der Waals surface area contributed by atoms with Gasteiger partial charge in [-0.05, 0) is 12.5 Å². The number of hydrogen-bond acceptors (Lipinski definition) is 5. The number of anilines is 1. The molecular formula is C16H21N3O5. The molecule has 2 rings (SSSR count). The van der Waals surface area contributed by atoms with Crippen LogP contribution in [0.5, 0.6) is 5.75 Å². The van der Waals surface area contributed by atoms with Gasteiger partial charge in [0.1, 0.15) is 5.75 Å². The first-order valence-corrected chi connectivity index (χ1v) is 7.87. The molecule has 24 heavy (non-hydrogen) atoms. The highest BCUT2D eigenvalue weighted by Crippen LogP contribution is 2.30. The topological polar surface area (TPSA) is 102 Å². The van der Waals surface area contributed by atoms with Gasteiger partial charge in [-0.1, -0.05) is 13.3 Å². The first kappa shape index (κ1) is 17.7. The van der Waals surface area contributed by atoms with Gasteiger partial charge >= 0.3 is 0 Å². The summed E-state index contributed by atoms with van der Waals surface area (Å²) in [6.07, 6.45) is 2.09. The van der Waals surface area contributed by atoms with Crippen molar-refractivity contribution in [1.29, 1.82) is 0 Å². The van der Waals surface area contributed by atoms with Gasteiger partial charge < -0.3 is 15.0 Å². The van der Waals surface area contributed by atoms with E-state index in [2.05, 4.69) is 5.32 Å². The molecule has 0 aromatic heterocycles. The van der Waals surface area contributed by atoms with Gasteiger partial charge in [-0.3, -0.25) is 19.7 Å². The highest BCUT2D eigenvalue weighted by molar-refractivity contribution is 5.98. The van der Waals surface area contributed by atoms with Crippen LogP contribution in [0.2, 0.25) is 0 Å². The van der Waals surface area contributed by atoms with Crippen LogP contribution in [-0.4, -0.2) is 41.8 Å². The standard InChI is InChI=1S/C16H21N3O5/c1-3-4-7-18-10-11(8-15(18)20)16(21)17-13-6-5-12(19(22)23)9-14(13)24-2/h5-6,9,11H,3-4,7-8,10H2,1-2H3,(H,17,21). The van der Waals surface area contributed by atoms with E-state index in [1.807, 2.05) is 6.92 Å². The van der Waals surface area contributed by atoms with Crippen molar-refractivity contribution >= 4 is 23.2 Å². The summed E-state index contributed by atoms with van der Waals surface area (Å²) in [4.78, 5) is 36.3. The maximum atomic E-state index is 12.4. The number of nitro benzene ring substituents is 1. The third-order valence-electron chi connectivity index (χ3n) is 4.02. The van der Waals surface area contributed by atoms with Gasteiger partial charge in [-0.2, -0.15) is 0 Å². The van der Waals surface area contributed by atoms with E-state index in [0.29, 0.717) is 18.8 Å². The number of likely N-dealkylation sites (tertiary alicyclic amines) is 1. The lowest BCUT2D eigenvalue weighted by Crippen LogP contribution is -2.29. The molecule has 1 aromatic rings. The zero-order valence-electron chi connectivity index (χ0n) is 13.8. The number of carbonyl (C=O) groups excluding carboxylic acids is 2. The van der Waals surface area contributed by atoms with E-state index in [0.717, 1.165) is 12.8 Å². The summed E-state index contributed by atoms with van der Waals surface area (Å²) in [5, 5.41) is 13.5. The normalized spacial score (nSPS) is 17.0. The molecular weight excluding hydrogens is 314 g/mol. The minimum Gasteiger partial charge on any atom is -0.494 e. The molecule has 0 radical (unpaired) electrons. The molecule has 0 spiro atoms. The third kappa shape index (κ3) is 4.01. The van der Waals surface area contributed by atoms with Crippen molar-refractivity contribution in [1.82, 2.24) is 4.90 Å². The van der Waals surface area contributed by atoms with Crippen LogP contribution >= 0.6 is 0 Å². The zero-order chi connectivity index (χ0) is 17.7. The Morgan fingerprint density at radius 2 is 2.25 bits per heavy atom. The second kappa shape index (κ2) is 7.76. The summed E-state index contributed by atoms with van der Waals surface area (Å²) in [5.41, 5.74) is 0.235. The number of amides is 2. The van der Waals surface area contributed by atoms with Crippen LogP contribution in [0.3, 0.4) is 0 Å². The number of hydrogen-bond donors (Lipinski definition) is 1. The number of nitrogens with one attached hydrogen (secondary N) is 1. The van der Waals surface area contributed by atoms with E-state index >= 15 is 0 Å². The molecule has 0 bridgehead atoms. The van der Waals surface area contributed by atoms with Crippen molar-refractivity contribution in [2.24, 2.45) is 5.92 Å². The average molecular weight is 335 g/mol. The van der Waals surface area contributed by atoms with Crippen LogP contribution in [0.15, 0.2) is 18.2 Å². The number of unbranched alkanes of at least 4 members (excludes halogenated alkanes) is 1. The van der Waals surface area contributed by atoms with Crippen molar-refractivity contribution in [2.75, 3.05) is 25.5 Å². The Bertz CT molecular complexity index is 647. The first-order valence-electron chi connectivity index (χ1n) is 7.87. The number of benzene rings is 1. The summed E-state index contributed by atoms with van der Waals surface area (Å²) in [6.45, 7) is 3.12. The van der Waals surface area contributed by atoms with Gasteiger partial charge in [0.05, 0.1) is 29.7 Å². The summed E-state index contributed by atoms with van der Waals surface area (Å²) in [7, 11) is 1.38. The summed E-state index contributed by atoms with van der Waals surface area (Å²) in [6, 6.07) is 3.98. The van der Waals surface area contributed by atoms with E-state index in [1.54, 1.807) is 4.90 Å². The van der Waals surface area contributed by atoms with Gasteiger partial charge in [0.25, 0.3) is 5.69 Å². The predicted octanol–water partition coefficient (Wildman–Crippen LogP) is 2.19. The molecule has 1 aliphatic rings. The minimum atomic E-state index is -0.532. The van der Waals surface area contributed by atoms with Crippen molar-refractivity contribution in [3.8, 4) is 5.75 Å². The number of non-ortho nitro benzene ring substituents is 1. The Labute approximate surface area is 139 Å². The maximum Gasteiger partial charge on any atom is 0.273 e. The quantitative estimate of drug-likeness (QED) is 0.608. The number of methoxy groups -OCH3 is 1. The summed E-state index contributed by atoms with van der Waals surface area (Å²) in [5.74, 6) is -0.507. The van der Waals surface area contributed by atoms with Gasteiger partial charge in [-0.15, -0.1) is 0 Å². The Morgan fingerprint density at radius 1 is 1.50 bits per heavy atom. The first-order chi connectivity index (χ1) is 11.5. The Hall–Kier alpha value is -2.64. The molecule has 1 fully saturated rings. The highest BCUT2D eigenvalue weighted by atomic mass is 16.6. The molecule has 1 unspecified atom stereocenters. The molecule has 1 heterocycles. The van der Waals surface area contributed by atoms with E-state index < -0.39 is 10.8 Å². The second-order valence-corrected chi connectivity index (χ2v) is 5.73. The Morgan fingerprint density at radius 3 is 2.88 bits per heavy atom. The largest absolute Gasteiger partial charge is 0.494 e. The smallest absolute Gasteiger partial charge is 0.273 e. The SMILES string of the molecule is CCCCN1CC(C(=O)Nc2ccc([N+](=O)[O-])cc2OC)CC1=O. The van der Waals surface area contributed by atoms with Crippen molar-refractivity contribution < 1.29 is 19.2 Å². The maximum absolute atomic E-state index is 12.4. The number of carbonyl (C=O) groups is 2. The summed E-state index contributed by atoms with van der Waals surface area (Å²) < 4.78 is 5.10. The molecule has 0 saturated carbocycles. The van der Waals surface area contributed by atoms with Crippen molar-refractivity contribution in [2.45, 2.75) is 26.2 Å². The molecule has 1 atom stereocenters. The lowest BCUT2D eigenvalue weighted by molar-refractivity contribution is -0.384. The number of nitrogens with zero attached hydrogens (tertiary/aromatic N) is 2. The van der Waals surface area contributed by atoms with Crippen LogP contribution in [0.1, 0.15) is 26.2 Å². The van der Waals surface area contributed by atoms with Crippen LogP contribution < -0.4 is 10.1 Å². The number of nitro groups is 1. The van der Waals surface area contributed by atoms with Crippen LogP contribution in [0, 0.1) is 16.0 Å². The minimum absolute atomic E-state index is 0.0146. The predicted molar refractivity (Wildman–Crippen MR) is 87.9 cm³/mol.